The number of hydrogen-bond donors (Lipinski definition) is 3. The topological polar surface area (TPSA) is 66.4 Å². The molecule has 0 bridgehead atoms. The zero-order chi connectivity index (χ0) is 14.5. The number of carbonyl (C=O) groups excluding carboxylic acids is 1. The van der Waals surface area contributed by atoms with Crippen molar-refractivity contribution >= 4 is 35.3 Å². The molecule has 0 aliphatic rings. The summed E-state index contributed by atoms with van der Waals surface area (Å²) in [7, 11) is 0. The first-order valence-electron chi connectivity index (χ1n) is 6.25. The molecule has 0 aliphatic carbocycles. The van der Waals surface area contributed by atoms with Gasteiger partial charge in [0.05, 0.1) is 0 Å². The van der Waals surface area contributed by atoms with E-state index in [0.717, 1.165) is 10.8 Å². The Labute approximate surface area is 122 Å². The summed E-state index contributed by atoms with van der Waals surface area (Å²) in [4.78, 5) is 23.1. The predicted molar refractivity (Wildman–Crippen MR) is 81.3 cm³/mol. The van der Waals surface area contributed by atoms with E-state index >= 15 is 0 Å². The van der Waals surface area contributed by atoms with Crippen molar-refractivity contribution < 1.29 is 14.7 Å². The highest BCUT2D eigenvalue weighted by Crippen LogP contribution is 2.15. The average molecular weight is 289 g/mol. The normalized spacial score (nSPS) is 12.1. The zero-order valence-corrected chi connectivity index (χ0v) is 11.6. The van der Waals surface area contributed by atoms with Crippen LogP contribution in [0.5, 0.6) is 0 Å². The third-order valence-electron chi connectivity index (χ3n) is 3.03. The molecule has 1 atom stereocenters. The van der Waals surface area contributed by atoms with Crippen molar-refractivity contribution in [2.75, 3.05) is 5.75 Å². The molecule has 2 rings (SSSR count). The monoisotopic (exact) mass is 289 g/mol. The second-order valence-electron chi connectivity index (χ2n) is 4.44. The van der Waals surface area contributed by atoms with Crippen LogP contribution in [0.3, 0.4) is 0 Å². The highest BCUT2D eigenvalue weighted by atomic mass is 32.1. The van der Waals surface area contributed by atoms with Gasteiger partial charge in [-0.3, -0.25) is 4.79 Å². The molecule has 0 spiro atoms. The van der Waals surface area contributed by atoms with Gasteiger partial charge in [0, 0.05) is 5.56 Å². The quantitative estimate of drug-likeness (QED) is 0.740. The summed E-state index contributed by atoms with van der Waals surface area (Å²) >= 11 is 4.00. The molecule has 0 aliphatic heterocycles. The Morgan fingerprint density at radius 3 is 2.50 bits per heavy atom. The minimum Gasteiger partial charge on any atom is -0.480 e. The van der Waals surface area contributed by atoms with Crippen LogP contribution in [-0.4, -0.2) is 28.8 Å². The third-order valence-corrected chi connectivity index (χ3v) is 3.29. The van der Waals surface area contributed by atoms with Gasteiger partial charge in [-0.15, -0.1) is 0 Å². The van der Waals surface area contributed by atoms with Gasteiger partial charge in [-0.1, -0.05) is 30.3 Å². The van der Waals surface area contributed by atoms with Crippen molar-refractivity contribution in [3.63, 3.8) is 0 Å². The van der Waals surface area contributed by atoms with Crippen molar-refractivity contribution in [1.82, 2.24) is 5.32 Å². The average Bonchev–Trinajstić information content (AvgIpc) is 2.46. The molecule has 2 aromatic rings. The lowest BCUT2D eigenvalue weighted by molar-refractivity contribution is -0.139. The van der Waals surface area contributed by atoms with E-state index in [4.69, 9.17) is 5.11 Å². The number of carboxylic acid groups (broad SMARTS) is 1. The molecule has 1 unspecified atom stereocenters. The standard InChI is InChI=1S/C15H15NO3S/c17-14(16-13(7-8-20)15(18)19)12-6-5-10-3-1-2-4-11(10)9-12/h1-6,9,13,20H,7-8H2,(H,16,17)(H,18,19). The first kappa shape index (κ1) is 14.4. The molecule has 0 saturated carbocycles. The van der Waals surface area contributed by atoms with Crippen LogP contribution in [0.25, 0.3) is 10.8 Å². The van der Waals surface area contributed by atoms with Gasteiger partial charge < -0.3 is 10.4 Å². The number of rotatable bonds is 5. The summed E-state index contributed by atoms with van der Waals surface area (Å²) < 4.78 is 0. The number of fused-ring (bicyclic) bond motifs is 1. The van der Waals surface area contributed by atoms with Crippen LogP contribution in [0.1, 0.15) is 16.8 Å². The smallest absolute Gasteiger partial charge is 0.326 e. The zero-order valence-electron chi connectivity index (χ0n) is 10.7. The van der Waals surface area contributed by atoms with E-state index in [-0.39, 0.29) is 12.3 Å². The number of thiol groups is 1. The fourth-order valence-corrected chi connectivity index (χ4v) is 2.22. The maximum atomic E-state index is 12.1. The number of carboxylic acids is 1. The number of aliphatic carboxylic acids is 1. The molecule has 0 heterocycles. The summed E-state index contributed by atoms with van der Waals surface area (Å²) in [5.41, 5.74) is 0.453. The van der Waals surface area contributed by atoms with Gasteiger partial charge >= 0.3 is 5.97 Å². The van der Waals surface area contributed by atoms with Crippen LogP contribution in [0, 0.1) is 0 Å². The Balaban J connectivity index is 2.20. The summed E-state index contributed by atoms with van der Waals surface area (Å²) in [6.07, 6.45) is 0.289. The molecule has 0 saturated heterocycles. The lowest BCUT2D eigenvalue weighted by Gasteiger charge is -2.13. The Morgan fingerprint density at radius 1 is 1.15 bits per heavy atom. The van der Waals surface area contributed by atoms with E-state index in [1.165, 1.54) is 0 Å². The van der Waals surface area contributed by atoms with Crippen molar-refractivity contribution in [2.24, 2.45) is 0 Å². The maximum Gasteiger partial charge on any atom is 0.326 e. The second-order valence-corrected chi connectivity index (χ2v) is 4.89. The molecule has 20 heavy (non-hydrogen) atoms. The van der Waals surface area contributed by atoms with Gasteiger partial charge in [-0.05, 0) is 35.1 Å². The van der Waals surface area contributed by atoms with Crippen LogP contribution < -0.4 is 5.32 Å². The van der Waals surface area contributed by atoms with Crippen LogP contribution in [-0.2, 0) is 4.79 Å². The molecule has 5 heteroatoms. The van der Waals surface area contributed by atoms with E-state index in [0.29, 0.717) is 11.3 Å². The molecule has 2 aromatic carbocycles. The van der Waals surface area contributed by atoms with Crippen LogP contribution in [0.2, 0.25) is 0 Å². The maximum absolute atomic E-state index is 12.1. The van der Waals surface area contributed by atoms with E-state index in [9.17, 15) is 9.59 Å². The lowest BCUT2D eigenvalue weighted by Crippen LogP contribution is -2.41. The Morgan fingerprint density at radius 2 is 1.85 bits per heavy atom. The van der Waals surface area contributed by atoms with Gasteiger partial charge in [-0.25, -0.2) is 4.79 Å². The summed E-state index contributed by atoms with van der Waals surface area (Å²) in [6.45, 7) is 0. The molecule has 104 valence electrons. The van der Waals surface area contributed by atoms with Gasteiger partial charge in [0.1, 0.15) is 6.04 Å². The minimum absolute atomic E-state index is 0.289. The molecule has 1 amide bonds. The summed E-state index contributed by atoms with van der Waals surface area (Å²) in [5, 5.41) is 13.5. The fraction of sp³-hybridized carbons (Fsp3) is 0.200. The highest BCUT2D eigenvalue weighted by Gasteiger charge is 2.19. The van der Waals surface area contributed by atoms with Crippen LogP contribution >= 0.6 is 12.6 Å². The van der Waals surface area contributed by atoms with Crippen molar-refractivity contribution in [2.45, 2.75) is 12.5 Å². The minimum atomic E-state index is -1.05. The van der Waals surface area contributed by atoms with Gasteiger partial charge in [0.2, 0.25) is 0 Å². The van der Waals surface area contributed by atoms with E-state index in [1.807, 2.05) is 30.3 Å². The van der Waals surface area contributed by atoms with Crippen LogP contribution in [0.4, 0.5) is 0 Å². The molecular weight excluding hydrogens is 274 g/mol. The van der Waals surface area contributed by atoms with Gasteiger partial charge in [0.25, 0.3) is 5.91 Å². The number of nitrogens with one attached hydrogen (secondary N) is 1. The lowest BCUT2D eigenvalue weighted by atomic mass is 10.1. The fourth-order valence-electron chi connectivity index (χ4n) is 1.96. The first-order valence-corrected chi connectivity index (χ1v) is 6.88. The van der Waals surface area contributed by atoms with Crippen molar-refractivity contribution in [1.29, 1.82) is 0 Å². The van der Waals surface area contributed by atoms with Gasteiger partial charge in [-0.2, -0.15) is 12.6 Å². The van der Waals surface area contributed by atoms with Crippen molar-refractivity contribution in [3.8, 4) is 0 Å². The van der Waals surface area contributed by atoms with E-state index in [1.54, 1.807) is 12.1 Å². The Bertz CT molecular complexity index is 642. The molecule has 0 aromatic heterocycles. The number of hydrogen-bond acceptors (Lipinski definition) is 3. The first-order chi connectivity index (χ1) is 9.61. The molecule has 0 fully saturated rings. The number of carbonyl (C=O) groups is 2. The van der Waals surface area contributed by atoms with Crippen LogP contribution in [0.15, 0.2) is 42.5 Å². The third kappa shape index (κ3) is 3.30. The number of amides is 1. The summed E-state index contributed by atoms with van der Waals surface area (Å²) in [5.74, 6) is -1.03. The Hall–Kier alpha value is -2.01. The molecule has 4 nitrogen and oxygen atoms in total. The molecule has 0 radical (unpaired) electrons. The van der Waals surface area contributed by atoms with E-state index < -0.39 is 12.0 Å². The van der Waals surface area contributed by atoms with Crippen molar-refractivity contribution in [3.05, 3.63) is 48.0 Å². The summed E-state index contributed by atoms with van der Waals surface area (Å²) in [6, 6.07) is 12.1. The highest BCUT2D eigenvalue weighted by molar-refractivity contribution is 7.80. The molecular formula is C15H15NO3S. The number of benzene rings is 2. The van der Waals surface area contributed by atoms with E-state index in [2.05, 4.69) is 17.9 Å². The van der Waals surface area contributed by atoms with Gasteiger partial charge in [0.15, 0.2) is 0 Å². The predicted octanol–water partition coefficient (Wildman–Crippen LogP) is 2.34. The Kier molecular flexibility index (Phi) is 4.63. The SMILES string of the molecule is O=C(NC(CCS)C(=O)O)c1ccc2ccccc2c1. The second kappa shape index (κ2) is 6.43. The molecule has 2 N–H and O–H groups in total. The largest absolute Gasteiger partial charge is 0.480 e.